The normalized spacial score (nSPS) is 12.0. The molecule has 0 amide bonds. The van der Waals surface area contributed by atoms with Gasteiger partial charge in [-0.1, -0.05) is 263 Å². The van der Waals surface area contributed by atoms with E-state index in [0.717, 1.165) is 0 Å². The lowest BCUT2D eigenvalue weighted by Crippen LogP contribution is -1.95. The Morgan fingerprint density at radius 2 is 0.519 bits per heavy atom. The van der Waals surface area contributed by atoms with Gasteiger partial charge in [0.15, 0.2) is 0 Å². The summed E-state index contributed by atoms with van der Waals surface area (Å²) in [6.45, 7) is 4.62. The minimum absolute atomic E-state index is 1.18. The van der Waals surface area contributed by atoms with E-state index in [4.69, 9.17) is 0 Å². The summed E-state index contributed by atoms with van der Waals surface area (Å²) in [5.74, 6) is 0. The Labute approximate surface area is 350 Å². The third kappa shape index (κ3) is 16.0. The van der Waals surface area contributed by atoms with E-state index in [1.807, 2.05) is 0 Å². The zero-order valence-electron chi connectivity index (χ0n) is 35.3. The molecule has 302 valence electrons. The SMILES string of the molecule is CCCCCCCCCCCCCCCCCCc1cc(Br)c2ccc3c(CCCCCCCCCCCCCCCCCC)cc(Br)c4ccc1c2c43. The number of hydrogen-bond donors (Lipinski definition) is 0. The van der Waals surface area contributed by atoms with E-state index in [1.165, 1.54) is 271 Å². The van der Waals surface area contributed by atoms with Crippen LogP contribution < -0.4 is 0 Å². The first-order chi connectivity index (χ1) is 26.7. The molecule has 0 saturated carbocycles. The molecule has 0 saturated heterocycles. The summed E-state index contributed by atoms with van der Waals surface area (Å²) in [4.78, 5) is 0. The molecule has 0 fully saturated rings. The number of rotatable bonds is 34. The van der Waals surface area contributed by atoms with E-state index >= 15 is 0 Å². The fourth-order valence-electron chi connectivity index (χ4n) is 9.19. The minimum Gasteiger partial charge on any atom is -0.0654 e. The quantitative estimate of drug-likeness (QED) is 0.0324. The van der Waals surface area contributed by atoms with Crippen LogP contribution in [0.15, 0.2) is 45.3 Å². The molecule has 0 atom stereocenters. The van der Waals surface area contributed by atoms with Gasteiger partial charge in [0.1, 0.15) is 0 Å². The van der Waals surface area contributed by atoms with Crippen LogP contribution in [0.4, 0.5) is 0 Å². The van der Waals surface area contributed by atoms with Crippen molar-refractivity contribution in [1.29, 1.82) is 0 Å². The molecule has 2 heteroatoms. The van der Waals surface area contributed by atoms with Gasteiger partial charge in [-0.3, -0.25) is 0 Å². The predicted octanol–water partition coefficient (Wildman–Crippen LogP) is 19.7. The van der Waals surface area contributed by atoms with Gasteiger partial charge in [0.2, 0.25) is 0 Å². The van der Waals surface area contributed by atoms with Gasteiger partial charge in [-0.15, -0.1) is 0 Å². The summed E-state index contributed by atoms with van der Waals surface area (Å²) in [6, 6.07) is 14.5. The van der Waals surface area contributed by atoms with Crippen molar-refractivity contribution in [2.24, 2.45) is 0 Å². The zero-order chi connectivity index (χ0) is 38.1. The lowest BCUT2D eigenvalue weighted by Gasteiger charge is -2.18. The highest BCUT2D eigenvalue weighted by atomic mass is 79.9. The van der Waals surface area contributed by atoms with Crippen molar-refractivity contribution < 1.29 is 0 Å². The van der Waals surface area contributed by atoms with Gasteiger partial charge in [-0.2, -0.15) is 0 Å². The monoisotopic (exact) mass is 862 g/mol. The van der Waals surface area contributed by atoms with Crippen LogP contribution in [0.3, 0.4) is 0 Å². The Hall–Kier alpha value is -1.12. The van der Waals surface area contributed by atoms with Gasteiger partial charge in [0.05, 0.1) is 0 Å². The first-order valence-electron chi connectivity index (χ1n) is 23.7. The van der Waals surface area contributed by atoms with Gasteiger partial charge in [0.25, 0.3) is 0 Å². The molecule has 4 aromatic carbocycles. The number of aryl methyl sites for hydroxylation is 2. The Morgan fingerprint density at radius 1 is 0.296 bits per heavy atom. The molecule has 4 aromatic rings. The number of unbranched alkanes of at least 4 members (excludes halogenated alkanes) is 30. The van der Waals surface area contributed by atoms with Crippen molar-refractivity contribution in [1.82, 2.24) is 0 Å². The fourth-order valence-corrected chi connectivity index (χ4v) is 10.4. The molecule has 0 radical (unpaired) electrons. The Kier molecular flexibility index (Phi) is 23.9. The summed E-state index contributed by atoms with van der Waals surface area (Å²) in [5, 5.41) is 8.62. The molecule has 0 spiro atoms. The average Bonchev–Trinajstić information content (AvgIpc) is 3.18. The van der Waals surface area contributed by atoms with E-state index in [-0.39, 0.29) is 0 Å². The molecule has 0 aliphatic heterocycles. The first kappa shape index (κ1) is 45.6. The molecule has 4 rings (SSSR count). The second-order valence-corrected chi connectivity index (χ2v) is 18.9. The van der Waals surface area contributed by atoms with Gasteiger partial charge in [-0.25, -0.2) is 0 Å². The highest BCUT2D eigenvalue weighted by molar-refractivity contribution is 9.11. The van der Waals surface area contributed by atoms with E-state index in [9.17, 15) is 0 Å². The highest BCUT2D eigenvalue weighted by Gasteiger charge is 2.17. The number of hydrogen-bond acceptors (Lipinski definition) is 0. The first-order valence-corrected chi connectivity index (χ1v) is 25.3. The zero-order valence-corrected chi connectivity index (χ0v) is 38.4. The number of halogens is 2. The maximum Gasteiger partial charge on any atom is 0.0257 e. The third-order valence-corrected chi connectivity index (χ3v) is 13.9. The molecule has 0 nitrogen and oxygen atoms in total. The summed E-state index contributed by atoms with van der Waals surface area (Å²) in [5.41, 5.74) is 3.04. The standard InChI is InChI=1S/C52H80Br2/c1-3-5-7-9-11-13-15-17-19-21-23-25-27-29-31-33-35-43-41-49(53)47-40-38-46-44(42-50(54)48-39-37-45(43)51(47)52(46)48)36-34-32-30-28-26-24-22-20-18-16-14-12-10-8-6-4-2/h37-42H,3-36H2,1-2H3. The molecular formula is C52H80Br2. The van der Waals surface area contributed by atoms with Crippen molar-refractivity contribution in [2.45, 2.75) is 232 Å². The van der Waals surface area contributed by atoms with Crippen molar-refractivity contribution >= 4 is 64.2 Å². The molecule has 0 aromatic heterocycles. The Balaban J connectivity index is 1.15. The molecule has 0 aliphatic rings. The van der Waals surface area contributed by atoms with E-state index in [0.29, 0.717) is 0 Å². The molecule has 0 unspecified atom stereocenters. The summed E-state index contributed by atoms with van der Waals surface area (Å²) in [6.07, 6.45) is 47.9. The van der Waals surface area contributed by atoms with Crippen LogP contribution in [0.5, 0.6) is 0 Å². The Bertz CT molecular complexity index is 1420. The van der Waals surface area contributed by atoms with Crippen LogP contribution >= 0.6 is 31.9 Å². The average molecular weight is 865 g/mol. The van der Waals surface area contributed by atoms with Crippen LogP contribution in [0, 0.1) is 0 Å². The van der Waals surface area contributed by atoms with Crippen molar-refractivity contribution in [3.63, 3.8) is 0 Å². The van der Waals surface area contributed by atoms with E-state index in [1.54, 1.807) is 0 Å². The largest absolute Gasteiger partial charge is 0.0654 e. The predicted molar refractivity (Wildman–Crippen MR) is 252 cm³/mol. The lowest BCUT2D eigenvalue weighted by molar-refractivity contribution is 0.529. The van der Waals surface area contributed by atoms with Gasteiger partial charge in [0, 0.05) is 8.95 Å². The number of benzene rings is 4. The lowest BCUT2D eigenvalue weighted by atomic mass is 9.88. The summed E-state index contributed by atoms with van der Waals surface area (Å²) in [7, 11) is 0. The maximum atomic E-state index is 4.01. The van der Waals surface area contributed by atoms with Crippen LogP contribution in [0.1, 0.15) is 230 Å². The van der Waals surface area contributed by atoms with Gasteiger partial charge < -0.3 is 0 Å². The molecule has 0 heterocycles. The van der Waals surface area contributed by atoms with Crippen LogP contribution in [-0.2, 0) is 12.8 Å². The molecule has 0 aliphatic carbocycles. The van der Waals surface area contributed by atoms with Gasteiger partial charge >= 0.3 is 0 Å². The van der Waals surface area contributed by atoms with Gasteiger partial charge in [-0.05, 0) is 81.3 Å². The van der Waals surface area contributed by atoms with Crippen molar-refractivity contribution in [3.05, 3.63) is 56.5 Å². The van der Waals surface area contributed by atoms with Crippen LogP contribution in [0.25, 0.3) is 32.3 Å². The van der Waals surface area contributed by atoms with Crippen LogP contribution in [-0.4, -0.2) is 0 Å². The van der Waals surface area contributed by atoms with E-state index in [2.05, 4.69) is 82.1 Å². The van der Waals surface area contributed by atoms with Crippen molar-refractivity contribution in [2.75, 3.05) is 0 Å². The topological polar surface area (TPSA) is 0 Å². The minimum atomic E-state index is 1.18. The maximum absolute atomic E-state index is 4.01. The van der Waals surface area contributed by atoms with E-state index < -0.39 is 0 Å². The summed E-state index contributed by atoms with van der Waals surface area (Å²) >= 11 is 8.02. The highest BCUT2D eigenvalue weighted by Crippen LogP contribution is 2.43. The molecule has 0 bridgehead atoms. The fraction of sp³-hybridized carbons (Fsp3) is 0.692. The Morgan fingerprint density at radius 3 is 0.778 bits per heavy atom. The summed E-state index contributed by atoms with van der Waals surface area (Å²) < 4.78 is 2.52. The second kappa shape index (κ2) is 28.3. The molecular weight excluding hydrogens is 784 g/mol. The smallest absolute Gasteiger partial charge is 0.0257 e. The van der Waals surface area contributed by atoms with Crippen molar-refractivity contribution in [3.8, 4) is 0 Å². The molecule has 54 heavy (non-hydrogen) atoms. The molecule has 0 N–H and O–H groups in total. The third-order valence-electron chi connectivity index (χ3n) is 12.6. The second-order valence-electron chi connectivity index (χ2n) is 17.2. The van der Waals surface area contributed by atoms with Crippen LogP contribution in [0.2, 0.25) is 0 Å².